The largest absolute Gasteiger partial charge is 0.393 e. The Morgan fingerprint density at radius 2 is 1.28 bits per heavy atom. The quantitative estimate of drug-likeness (QED) is 0.174. The van der Waals surface area contributed by atoms with Crippen LogP contribution in [0, 0.1) is 40.9 Å². The fraction of sp³-hybridized carbons (Fsp3) is 0.833. The van der Waals surface area contributed by atoms with Gasteiger partial charge >= 0.3 is 6.18 Å². The number of fused-ring (bicyclic) bond motifs is 2. The summed E-state index contributed by atoms with van der Waals surface area (Å²) in [7, 11) is 7.21. The molecule has 4 aliphatic heterocycles. The average molecular weight is 1430 g/mol. The number of halogens is 4. The van der Waals surface area contributed by atoms with Gasteiger partial charge in [0, 0.05) is 66.8 Å². The highest BCUT2D eigenvalue weighted by Crippen LogP contribution is 2.44. The van der Waals surface area contributed by atoms with Crippen LogP contribution in [0.15, 0.2) is 0 Å². The Balaban J connectivity index is 1.27. The average Bonchev–Trinajstić information content (AvgIpc) is 1.56. The minimum Gasteiger partial charge on any atom is -0.343 e. The molecule has 4 N–H and O–H groups in total. The Labute approximate surface area is 595 Å². The highest BCUT2D eigenvalue weighted by atomic mass is 35.5. The predicted octanol–water partition coefficient (Wildman–Crippen LogP) is 6.00. The smallest absolute Gasteiger partial charge is 0.343 e. The third-order valence-corrected chi connectivity index (χ3v) is 23.6. The lowest BCUT2D eigenvalue weighted by atomic mass is 9.78. The molecule has 0 aromatic rings. The first kappa shape index (κ1) is 81.0. The third kappa shape index (κ3) is 19.3. The molecule has 100 heavy (non-hydrogen) atoms. The van der Waals surface area contributed by atoms with Crippen LogP contribution < -0.4 is 21.3 Å². The second-order valence-electron chi connectivity index (χ2n) is 31.9. The number of amides is 12. The monoisotopic (exact) mass is 1430 g/mol. The summed E-state index contributed by atoms with van der Waals surface area (Å²) in [6.07, 6.45) is 2.88. The molecule has 0 aromatic heterocycles. The number of likely N-dealkylation sites (N-methyl/N-ethyl adjacent to an activating group) is 5. The van der Waals surface area contributed by atoms with E-state index in [0.717, 1.165) is 32.1 Å². The van der Waals surface area contributed by atoms with Gasteiger partial charge in [0.25, 0.3) is 0 Å². The molecule has 564 valence electrons. The molecule has 3 unspecified atom stereocenters. The van der Waals surface area contributed by atoms with Crippen molar-refractivity contribution >= 4 is 82.5 Å². The lowest BCUT2D eigenvalue weighted by Crippen LogP contribution is -2.65. The van der Waals surface area contributed by atoms with Crippen molar-refractivity contribution in [3.8, 4) is 0 Å². The van der Waals surface area contributed by atoms with Gasteiger partial charge in [-0.2, -0.15) is 13.2 Å². The summed E-state index contributed by atoms with van der Waals surface area (Å²) < 4.78 is 42.0. The van der Waals surface area contributed by atoms with E-state index >= 15 is 19.2 Å². The molecule has 28 heteroatoms. The van der Waals surface area contributed by atoms with Crippen molar-refractivity contribution in [2.24, 2.45) is 40.9 Å². The van der Waals surface area contributed by atoms with E-state index in [1.807, 2.05) is 34.6 Å². The number of carbonyl (C=O) groups is 12. The third-order valence-electron chi connectivity index (χ3n) is 23.1. The van der Waals surface area contributed by atoms with E-state index in [1.165, 1.54) is 76.5 Å². The van der Waals surface area contributed by atoms with E-state index < -0.39 is 173 Å². The van der Waals surface area contributed by atoms with E-state index in [9.17, 15) is 51.5 Å². The van der Waals surface area contributed by atoms with Crippen LogP contribution in [0.4, 0.5) is 13.2 Å². The molecular weight excluding hydrogens is 1320 g/mol. The Hall–Kier alpha value is -6.28. The van der Waals surface area contributed by atoms with Gasteiger partial charge in [-0.05, 0) is 125 Å². The van der Waals surface area contributed by atoms with Crippen LogP contribution >= 0.6 is 11.6 Å². The van der Waals surface area contributed by atoms with E-state index in [2.05, 4.69) is 21.3 Å². The fourth-order valence-corrected chi connectivity index (χ4v) is 16.9. The molecule has 0 aromatic carbocycles. The molecule has 24 nitrogen and oxygen atoms in total. The summed E-state index contributed by atoms with van der Waals surface area (Å²) in [4.78, 5) is 190. The summed E-state index contributed by atoms with van der Waals surface area (Å²) in [5.41, 5.74) is -1.86. The second-order valence-corrected chi connectivity index (χ2v) is 32.5. The van der Waals surface area contributed by atoms with Crippen molar-refractivity contribution < 1.29 is 70.7 Å². The second kappa shape index (κ2) is 34.3. The highest BCUT2D eigenvalue weighted by Gasteiger charge is 2.52. The zero-order valence-electron chi connectivity index (χ0n) is 61.8. The van der Waals surface area contributed by atoms with E-state index in [0.29, 0.717) is 45.2 Å². The number of rotatable bonds is 11. The van der Waals surface area contributed by atoms with E-state index in [4.69, 9.17) is 11.6 Å². The number of likely N-dealkylation sites (tertiary alicyclic amines) is 1. The van der Waals surface area contributed by atoms with Gasteiger partial charge < -0.3 is 60.5 Å². The molecule has 1 spiro atoms. The molecule has 0 bridgehead atoms. The molecule has 3 aliphatic carbocycles. The Bertz CT molecular complexity index is 2980. The zero-order chi connectivity index (χ0) is 74.2. The minimum absolute atomic E-state index is 0.000678. The molecule has 7 aliphatic rings. The molecule has 4 heterocycles. The molecular formula is C72H116ClF3N12O12. The van der Waals surface area contributed by atoms with Gasteiger partial charge in [0.05, 0.1) is 18.9 Å². The van der Waals surface area contributed by atoms with E-state index in [1.54, 1.807) is 25.7 Å². The Morgan fingerprint density at radius 3 is 1.85 bits per heavy atom. The Morgan fingerprint density at radius 1 is 0.630 bits per heavy atom. The lowest BCUT2D eigenvalue weighted by Gasteiger charge is -2.45. The number of nitrogens with zero attached hydrogens (tertiary/aromatic N) is 8. The predicted molar refractivity (Wildman–Crippen MR) is 370 cm³/mol. The Kier molecular flexibility index (Phi) is 27.8. The summed E-state index contributed by atoms with van der Waals surface area (Å²) in [5, 5.41) is 10.4. The van der Waals surface area contributed by atoms with Crippen molar-refractivity contribution in [1.29, 1.82) is 0 Å². The molecule has 4 saturated heterocycles. The molecule has 0 radical (unpaired) electrons. The minimum atomic E-state index is -4.51. The summed E-state index contributed by atoms with van der Waals surface area (Å²) in [6, 6.07) is -10.9. The maximum absolute atomic E-state index is 15.4. The van der Waals surface area contributed by atoms with Gasteiger partial charge in [0.15, 0.2) is 0 Å². The lowest BCUT2D eigenvalue weighted by molar-refractivity contribution is -0.182. The zero-order valence-corrected chi connectivity index (χ0v) is 62.6. The molecule has 13 atom stereocenters. The first-order valence-electron chi connectivity index (χ1n) is 37.0. The van der Waals surface area contributed by atoms with Crippen LogP contribution in [0.1, 0.15) is 204 Å². The van der Waals surface area contributed by atoms with E-state index in [-0.39, 0.29) is 107 Å². The maximum Gasteiger partial charge on any atom is 0.393 e. The topological polar surface area (TPSA) is 279 Å². The summed E-state index contributed by atoms with van der Waals surface area (Å²) in [5.74, 6) is -10.9. The standard InChI is InChI=1S/C72H116ClF3N12O12/c1-15-44(6)58-68(99)82(11)45(7)63(94)88-34-29-53(88)67(98)84(13)55(38-46-22-17-16-18-23-46)66(97)81(10)40-56(89)77-50(28-26-47-25-27-48(49(73)37-47)72(74,75)76)65(96)87-33-21-24-52(87)61(92)80-71(30-19-20-31-71)69(100)85(14)59(43(4)5)62(93)78-51(64(95)86-35-32-70(8,9)41-86)39-57(90)83(12)54(36-42(2)3)60(91)79-58/h42-55,58-59H,15-41H2,1-14H3,(H,77,89)(H,78,93)(H,79,91)(H,80,92)/t44-,45-,47?,48?,49?,50-,51-,52-,53-,54-,55-,58-,59-/m0/s1. The van der Waals surface area contributed by atoms with Gasteiger partial charge in [-0.1, -0.05) is 107 Å². The fourth-order valence-electron chi connectivity index (χ4n) is 16.4. The van der Waals surface area contributed by atoms with Crippen molar-refractivity contribution in [1.82, 2.24) is 60.5 Å². The van der Waals surface area contributed by atoms with Crippen molar-refractivity contribution in [2.45, 2.75) is 275 Å². The molecule has 3 saturated carbocycles. The van der Waals surface area contributed by atoms with Gasteiger partial charge in [0.1, 0.15) is 59.9 Å². The van der Waals surface area contributed by atoms with Gasteiger partial charge in [-0.25, -0.2) is 0 Å². The highest BCUT2D eigenvalue weighted by molar-refractivity contribution is 6.21. The number of hydrogen-bond donors (Lipinski definition) is 4. The summed E-state index contributed by atoms with van der Waals surface area (Å²) in [6.45, 7) is 16.6. The summed E-state index contributed by atoms with van der Waals surface area (Å²) >= 11 is 6.40. The van der Waals surface area contributed by atoms with Crippen molar-refractivity contribution in [3.05, 3.63) is 0 Å². The van der Waals surface area contributed by atoms with Crippen LogP contribution in [0.2, 0.25) is 0 Å². The van der Waals surface area contributed by atoms with Crippen LogP contribution in [-0.2, 0) is 57.5 Å². The van der Waals surface area contributed by atoms with Gasteiger partial charge in [-0.3, -0.25) is 57.5 Å². The first-order valence-corrected chi connectivity index (χ1v) is 37.4. The molecule has 12 amide bonds. The molecule has 7 rings (SSSR count). The number of nitrogens with one attached hydrogen (secondary N) is 4. The van der Waals surface area contributed by atoms with Crippen molar-refractivity contribution in [2.75, 3.05) is 68.0 Å². The van der Waals surface area contributed by atoms with Crippen LogP contribution in [0.3, 0.4) is 0 Å². The molecule has 7 fully saturated rings. The SMILES string of the molecule is CC[C@H](C)[C@@H]1NC(=O)[C@H](CC(C)C)N(C)C(=O)C[C@@H](C(=O)N2CCC(C)(C)C2)NC(=O)[C@H](C(C)C)N(C)C(=O)C2(CCCC2)NC(=O)[C@@H]2CCCN2C(=O)[C@H](CCC2CCC(C(F)(F)F)C(Cl)C2)NC(=O)CN(C)C(=O)[C@H](CC2CCCCC2)N(C)C(=O)[C@@H]2CCN2C(=O)[C@H](C)N(C)C1=O. The van der Waals surface area contributed by atoms with Gasteiger partial charge in [0.2, 0.25) is 70.9 Å². The number of hydrogen-bond acceptors (Lipinski definition) is 12. The van der Waals surface area contributed by atoms with Crippen LogP contribution in [0.5, 0.6) is 0 Å². The number of carbonyl (C=O) groups excluding carboxylic acids is 12. The maximum atomic E-state index is 15.4. The van der Waals surface area contributed by atoms with Crippen LogP contribution in [-0.4, -0.2) is 250 Å². The first-order chi connectivity index (χ1) is 46.8. The number of alkyl halides is 4. The normalized spacial score (nSPS) is 31.3. The van der Waals surface area contributed by atoms with Crippen molar-refractivity contribution in [3.63, 3.8) is 0 Å². The van der Waals surface area contributed by atoms with Gasteiger partial charge in [-0.15, -0.1) is 11.6 Å². The van der Waals surface area contributed by atoms with Crippen LogP contribution in [0.25, 0.3) is 0 Å².